The highest BCUT2D eigenvalue weighted by atomic mass is 19.4. The standard InChI is InChI=1S/C13H8F3NO4/c14-13(15,16)21-9-4-1-3-8(7-9)20-11-6-2-5-10(17-11)12(18)19/h1-7H,(H,18,19). The van der Waals surface area contributed by atoms with Crippen LogP contribution >= 0.6 is 0 Å². The minimum atomic E-state index is -4.81. The van der Waals surface area contributed by atoms with E-state index >= 15 is 0 Å². The summed E-state index contributed by atoms with van der Waals surface area (Å²) in [6, 6.07) is 8.86. The molecule has 8 heteroatoms. The molecule has 0 spiro atoms. The van der Waals surface area contributed by atoms with E-state index in [1.54, 1.807) is 0 Å². The summed E-state index contributed by atoms with van der Waals surface area (Å²) in [5.74, 6) is -1.71. The Morgan fingerprint density at radius 2 is 1.76 bits per heavy atom. The Morgan fingerprint density at radius 3 is 2.43 bits per heavy atom. The Balaban J connectivity index is 2.18. The van der Waals surface area contributed by atoms with Gasteiger partial charge in [-0.05, 0) is 18.2 Å². The van der Waals surface area contributed by atoms with Gasteiger partial charge in [0.25, 0.3) is 0 Å². The third kappa shape index (κ3) is 4.37. The molecular weight excluding hydrogens is 291 g/mol. The van der Waals surface area contributed by atoms with Gasteiger partial charge in [-0.1, -0.05) is 12.1 Å². The van der Waals surface area contributed by atoms with E-state index in [4.69, 9.17) is 9.84 Å². The number of carboxylic acids is 1. The number of carbonyl (C=O) groups is 1. The van der Waals surface area contributed by atoms with E-state index in [9.17, 15) is 18.0 Å². The second kappa shape index (κ2) is 5.70. The van der Waals surface area contributed by atoms with Gasteiger partial charge >= 0.3 is 12.3 Å². The maximum absolute atomic E-state index is 12.1. The monoisotopic (exact) mass is 299 g/mol. The lowest BCUT2D eigenvalue weighted by Crippen LogP contribution is -2.17. The molecule has 1 aromatic heterocycles. The van der Waals surface area contributed by atoms with Crippen LogP contribution in [0.25, 0.3) is 0 Å². The second-order valence-corrected chi connectivity index (χ2v) is 3.79. The summed E-state index contributed by atoms with van der Waals surface area (Å²) in [4.78, 5) is 14.4. The molecule has 1 N–H and O–H groups in total. The van der Waals surface area contributed by atoms with Gasteiger partial charge in [0.05, 0.1) is 0 Å². The molecule has 0 atom stereocenters. The zero-order chi connectivity index (χ0) is 15.5. The van der Waals surface area contributed by atoms with Crippen LogP contribution in [0, 0.1) is 0 Å². The van der Waals surface area contributed by atoms with Crippen LogP contribution in [0.4, 0.5) is 13.2 Å². The average molecular weight is 299 g/mol. The van der Waals surface area contributed by atoms with Crippen molar-refractivity contribution in [2.45, 2.75) is 6.36 Å². The zero-order valence-corrected chi connectivity index (χ0v) is 10.3. The molecule has 0 aliphatic heterocycles. The molecule has 0 unspecified atom stereocenters. The van der Waals surface area contributed by atoms with E-state index in [2.05, 4.69) is 9.72 Å². The summed E-state index contributed by atoms with van der Waals surface area (Å²) < 4.78 is 45.3. The number of hydrogen-bond donors (Lipinski definition) is 1. The average Bonchev–Trinajstić information content (AvgIpc) is 2.37. The molecule has 0 radical (unpaired) electrons. The van der Waals surface area contributed by atoms with Crippen LogP contribution in [0.2, 0.25) is 0 Å². The zero-order valence-electron chi connectivity index (χ0n) is 10.3. The molecule has 1 aromatic carbocycles. The van der Waals surface area contributed by atoms with Crippen molar-refractivity contribution in [2.24, 2.45) is 0 Å². The number of benzene rings is 1. The molecule has 2 aromatic rings. The number of carboxylic acid groups (broad SMARTS) is 1. The lowest BCUT2D eigenvalue weighted by Gasteiger charge is -2.10. The summed E-state index contributed by atoms with van der Waals surface area (Å²) in [7, 11) is 0. The lowest BCUT2D eigenvalue weighted by atomic mass is 10.3. The molecule has 0 aliphatic rings. The summed E-state index contributed by atoms with van der Waals surface area (Å²) >= 11 is 0. The SMILES string of the molecule is O=C(O)c1cccc(Oc2cccc(OC(F)(F)F)c2)n1. The summed E-state index contributed by atoms with van der Waals surface area (Å²) in [5.41, 5.74) is -0.241. The quantitative estimate of drug-likeness (QED) is 0.936. The number of rotatable bonds is 4. The van der Waals surface area contributed by atoms with E-state index in [0.29, 0.717) is 0 Å². The van der Waals surface area contributed by atoms with Crippen molar-refractivity contribution in [2.75, 3.05) is 0 Å². The molecule has 0 amide bonds. The fourth-order valence-corrected chi connectivity index (χ4v) is 1.45. The third-order valence-corrected chi connectivity index (χ3v) is 2.20. The molecule has 0 aliphatic carbocycles. The number of halogens is 3. The summed E-state index contributed by atoms with van der Waals surface area (Å²) in [6.07, 6.45) is -4.81. The number of aromatic nitrogens is 1. The van der Waals surface area contributed by atoms with E-state index in [1.807, 2.05) is 0 Å². The van der Waals surface area contributed by atoms with Gasteiger partial charge < -0.3 is 14.6 Å². The molecule has 5 nitrogen and oxygen atoms in total. The van der Waals surface area contributed by atoms with Gasteiger partial charge in [-0.3, -0.25) is 0 Å². The molecule has 0 bridgehead atoms. The highest BCUT2D eigenvalue weighted by Crippen LogP contribution is 2.28. The maximum atomic E-state index is 12.1. The van der Waals surface area contributed by atoms with Crippen LogP contribution < -0.4 is 9.47 Å². The summed E-state index contributed by atoms with van der Waals surface area (Å²) in [6.45, 7) is 0. The highest BCUT2D eigenvalue weighted by Gasteiger charge is 2.31. The third-order valence-electron chi connectivity index (χ3n) is 2.20. The molecule has 0 saturated heterocycles. The Hall–Kier alpha value is -2.77. The number of alkyl halides is 3. The lowest BCUT2D eigenvalue weighted by molar-refractivity contribution is -0.274. The molecule has 0 fully saturated rings. The highest BCUT2D eigenvalue weighted by molar-refractivity contribution is 5.85. The van der Waals surface area contributed by atoms with Gasteiger partial charge in [0.1, 0.15) is 11.5 Å². The van der Waals surface area contributed by atoms with E-state index in [-0.39, 0.29) is 17.3 Å². The molecule has 1 heterocycles. The summed E-state index contributed by atoms with van der Waals surface area (Å²) in [5, 5.41) is 8.78. The van der Waals surface area contributed by atoms with Crippen molar-refractivity contribution >= 4 is 5.97 Å². The Kier molecular flexibility index (Phi) is 3.97. The molecule has 110 valence electrons. The van der Waals surface area contributed by atoms with Crippen LogP contribution in [0.15, 0.2) is 42.5 Å². The Bertz CT molecular complexity index is 658. The van der Waals surface area contributed by atoms with E-state index < -0.39 is 18.1 Å². The maximum Gasteiger partial charge on any atom is 0.573 e. The minimum absolute atomic E-state index is 0.0341. The first-order valence-electron chi connectivity index (χ1n) is 5.57. The second-order valence-electron chi connectivity index (χ2n) is 3.79. The van der Waals surface area contributed by atoms with Crippen molar-refractivity contribution < 1.29 is 32.5 Å². The van der Waals surface area contributed by atoms with E-state index in [1.165, 1.54) is 30.3 Å². The van der Waals surface area contributed by atoms with Crippen LogP contribution in [0.1, 0.15) is 10.5 Å². The number of aromatic carboxylic acids is 1. The van der Waals surface area contributed by atoms with Crippen molar-refractivity contribution in [3.63, 3.8) is 0 Å². The normalized spacial score (nSPS) is 11.0. The topological polar surface area (TPSA) is 68.7 Å². The fraction of sp³-hybridized carbons (Fsp3) is 0.0769. The fourth-order valence-electron chi connectivity index (χ4n) is 1.45. The number of hydrogen-bond acceptors (Lipinski definition) is 4. The first-order chi connectivity index (χ1) is 9.83. The van der Waals surface area contributed by atoms with E-state index in [0.717, 1.165) is 12.1 Å². The van der Waals surface area contributed by atoms with Gasteiger partial charge in [-0.25, -0.2) is 9.78 Å². The van der Waals surface area contributed by atoms with Crippen LogP contribution in [0.5, 0.6) is 17.4 Å². The molecule has 21 heavy (non-hydrogen) atoms. The van der Waals surface area contributed by atoms with Crippen molar-refractivity contribution in [3.05, 3.63) is 48.2 Å². The predicted molar refractivity (Wildman–Crippen MR) is 64.4 cm³/mol. The Labute approximate surface area is 116 Å². The first kappa shape index (κ1) is 14.6. The molecular formula is C13H8F3NO4. The van der Waals surface area contributed by atoms with Crippen LogP contribution in [-0.4, -0.2) is 22.4 Å². The van der Waals surface area contributed by atoms with Gasteiger partial charge in [0, 0.05) is 12.1 Å². The molecule has 2 rings (SSSR count). The number of pyridine rings is 1. The number of nitrogens with zero attached hydrogens (tertiary/aromatic N) is 1. The van der Waals surface area contributed by atoms with Crippen LogP contribution in [-0.2, 0) is 0 Å². The predicted octanol–water partition coefficient (Wildman–Crippen LogP) is 3.47. The van der Waals surface area contributed by atoms with Gasteiger partial charge in [-0.15, -0.1) is 13.2 Å². The van der Waals surface area contributed by atoms with Gasteiger partial charge in [0.2, 0.25) is 5.88 Å². The largest absolute Gasteiger partial charge is 0.573 e. The van der Waals surface area contributed by atoms with Gasteiger partial charge in [-0.2, -0.15) is 0 Å². The molecule has 0 saturated carbocycles. The number of ether oxygens (including phenoxy) is 2. The first-order valence-corrected chi connectivity index (χ1v) is 5.57. The van der Waals surface area contributed by atoms with Crippen LogP contribution in [0.3, 0.4) is 0 Å². The van der Waals surface area contributed by atoms with Crippen molar-refractivity contribution in [3.8, 4) is 17.4 Å². The van der Waals surface area contributed by atoms with Gasteiger partial charge in [0.15, 0.2) is 5.69 Å². The minimum Gasteiger partial charge on any atom is -0.477 e. The smallest absolute Gasteiger partial charge is 0.477 e. The van der Waals surface area contributed by atoms with Crippen molar-refractivity contribution in [1.29, 1.82) is 0 Å². The van der Waals surface area contributed by atoms with Crippen molar-refractivity contribution in [1.82, 2.24) is 4.98 Å². The Morgan fingerprint density at radius 1 is 1.10 bits per heavy atom.